The molecule has 1 aromatic heterocycles. The summed E-state index contributed by atoms with van der Waals surface area (Å²) in [7, 11) is 0. The number of hydrogen-bond donors (Lipinski definition) is 2. The minimum atomic E-state index is -1.00. The van der Waals surface area contributed by atoms with E-state index in [0.717, 1.165) is 31.6 Å². The van der Waals surface area contributed by atoms with E-state index in [1.165, 1.54) is 18.2 Å². The smallest absolute Gasteiger partial charge is 0.336 e. The molecule has 2 aromatic rings. The second kappa shape index (κ2) is 5.17. The predicted octanol–water partition coefficient (Wildman–Crippen LogP) is 2.54. The first-order chi connectivity index (χ1) is 9.65. The van der Waals surface area contributed by atoms with Crippen LogP contribution in [0.2, 0.25) is 0 Å². The second-order valence-corrected chi connectivity index (χ2v) is 5.09. The summed E-state index contributed by atoms with van der Waals surface area (Å²) in [4.78, 5) is 15.9. The number of carboxylic acids is 1. The first-order valence-corrected chi connectivity index (χ1v) is 6.69. The average Bonchev–Trinajstić information content (AvgIpc) is 2.46. The summed E-state index contributed by atoms with van der Waals surface area (Å²) in [6.45, 7) is 1.80. The first-order valence-electron chi connectivity index (χ1n) is 6.69. The van der Waals surface area contributed by atoms with Gasteiger partial charge in [0.05, 0.1) is 11.1 Å². The number of nitrogens with one attached hydrogen (secondary N) is 1. The second-order valence-electron chi connectivity index (χ2n) is 5.09. The molecule has 0 atom stereocenters. The monoisotopic (exact) mass is 274 g/mol. The minimum absolute atomic E-state index is 0.198. The maximum absolute atomic E-state index is 13.3. The number of carboxylic acid groups (broad SMARTS) is 1. The minimum Gasteiger partial charge on any atom is -0.478 e. The van der Waals surface area contributed by atoms with Gasteiger partial charge in [-0.3, -0.25) is 4.98 Å². The van der Waals surface area contributed by atoms with E-state index in [1.54, 1.807) is 6.07 Å². The van der Waals surface area contributed by atoms with E-state index < -0.39 is 11.8 Å². The van der Waals surface area contributed by atoms with E-state index in [4.69, 9.17) is 0 Å². The summed E-state index contributed by atoms with van der Waals surface area (Å²) in [5, 5.41) is 13.1. The Bertz CT molecular complexity index is 666. The van der Waals surface area contributed by atoms with E-state index in [0.29, 0.717) is 10.9 Å². The standard InChI is InChI=1S/C15H15FN2O2/c16-10-1-2-11-12(15(19)20)8-13(18-14(11)7-10)9-3-5-17-6-4-9/h1-2,7-9,17H,3-6H2,(H,19,20). The Labute approximate surface area is 115 Å². The Morgan fingerprint density at radius 1 is 1.30 bits per heavy atom. The number of benzene rings is 1. The number of fused-ring (bicyclic) bond motifs is 1. The van der Waals surface area contributed by atoms with Gasteiger partial charge in [0, 0.05) is 23.1 Å². The molecule has 20 heavy (non-hydrogen) atoms. The third kappa shape index (κ3) is 2.36. The lowest BCUT2D eigenvalue weighted by Crippen LogP contribution is -2.27. The van der Waals surface area contributed by atoms with Crippen LogP contribution >= 0.6 is 0 Å². The molecule has 0 spiro atoms. The lowest BCUT2D eigenvalue weighted by Gasteiger charge is -2.22. The highest BCUT2D eigenvalue weighted by Gasteiger charge is 2.20. The van der Waals surface area contributed by atoms with Crippen molar-refractivity contribution < 1.29 is 14.3 Å². The number of pyridine rings is 1. The van der Waals surface area contributed by atoms with Crippen LogP contribution in [0.1, 0.15) is 34.8 Å². The maximum Gasteiger partial charge on any atom is 0.336 e. The van der Waals surface area contributed by atoms with Gasteiger partial charge >= 0.3 is 5.97 Å². The van der Waals surface area contributed by atoms with Crippen molar-refractivity contribution in [2.45, 2.75) is 18.8 Å². The van der Waals surface area contributed by atoms with E-state index in [-0.39, 0.29) is 11.5 Å². The number of rotatable bonds is 2. The van der Waals surface area contributed by atoms with Crippen LogP contribution in [-0.4, -0.2) is 29.1 Å². The SMILES string of the molecule is O=C(O)c1cc(C2CCNCC2)nc2cc(F)ccc12. The van der Waals surface area contributed by atoms with E-state index in [1.807, 2.05) is 0 Å². The molecule has 0 amide bonds. The zero-order valence-electron chi connectivity index (χ0n) is 10.9. The van der Waals surface area contributed by atoms with Crippen LogP contribution in [0.3, 0.4) is 0 Å². The zero-order valence-corrected chi connectivity index (χ0v) is 10.9. The molecule has 3 rings (SSSR count). The number of piperidine rings is 1. The quantitative estimate of drug-likeness (QED) is 0.883. The Hall–Kier alpha value is -2.01. The summed E-state index contributed by atoms with van der Waals surface area (Å²) in [5.74, 6) is -1.16. The summed E-state index contributed by atoms with van der Waals surface area (Å²) >= 11 is 0. The van der Waals surface area contributed by atoms with Crippen LogP contribution in [0.5, 0.6) is 0 Å². The summed E-state index contributed by atoms with van der Waals surface area (Å²) in [6, 6.07) is 5.68. The van der Waals surface area contributed by atoms with Crippen molar-refractivity contribution in [1.82, 2.24) is 10.3 Å². The number of halogens is 1. The van der Waals surface area contributed by atoms with Gasteiger partial charge in [0.25, 0.3) is 0 Å². The van der Waals surface area contributed by atoms with Crippen LogP contribution < -0.4 is 5.32 Å². The maximum atomic E-state index is 13.3. The summed E-state index contributed by atoms with van der Waals surface area (Å²) < 4.78 is 13.3. The van der Waals surface area contributed by atoms with E-state index >= 15 is 0 Å². The lowest BCUT2D eigenvalue weighted by atomic mass is 9.92. The van der Waals surface area contributed by atoms with Crippen LogP contribution in [-0.2, 0) is 0 Å². The van der Waals surface area contributed by atoms with Crippen molar-refractivity contribution in [1.29, 1.82) is 0 Å². The highest BCUT2D eigenvalue weighted by molar-refractivity contribution is 6.02. The first kappa shape index (κ1) is 13.0. The zero-order chi connectivity index (χ0) is 14.1. The Kier molecular flexibility index (Phi) is 3.36. The van der Waals surface area contributed by atoms with Gasteiger partial charge in [-0.1, -0.05) is 0 Å². The Morgan fingerprint density at radius 3 is 2.75 bits per heavy atom. The molecule has 1 fully saturated rings. The molecule has 0 bridgehead atoms. The van der Waals surface area contributed by atoms with Crippen LogP contribution in [0.4, 0.5) is 4.39 Å². The molecule has 104 valence electrons. The molecule has 2 heterocycles. The van der Waals surface area contributed by atoms with Crippen molar-refractivity contribution in [2.75, 3.05) is 13.1 Å². The molecule has 0 radical (unpaired) electrons. The van der Waals surface area contributed by atoms with Gasteiger partial charge in [0.15, 0.2) is 0 Å². The van der Waals surface area contributed by atoms with Gasteiger partial charge < -0.3 is 10.4 Å². The van der Waals surface area contributed by atoms with Crippen molar-refractivity contribution in [3.05, 3.63) is 41.3 Å². The highest BCUT2D eigenvalue weighted by Crippen LogP contribution is 2.28. The Morgan fingerprint density at radius 2 is 2.05 bits per heavy atom. The molecule has 0 aliphatic carbocycles. The normalized spacial score (nSPS) is 16.4. The largest absolute Gasteiger partial charge is 0.478 e. The van der Waals surface area contributed by atoms with Gasteiger partial charge in [-0.15, -0.1) is 0 Å². The van der Waals surface area contributed by atoms with Crippen molar-refractivity contribution in [2.24, 2.45) is 0 Å². The number of aromatic carboxylic acids is 1. The van der Waals surface area contributed by atoms with Crippen molar-refractivity contribution in [3.63, 3.8) is 0 Å². The number of carbonyl (C=O) groups is 1. The van der Waals surface area contributed by atoms with Gasteiger partial charge in [-0.25, -0.2) is 9.18 Å². The van der Waals surface area contributed by atoms with Crippen molar-refractivity contribution in [3.8, 4) is 0 Å². The molecular weight excluding hydrogens is 259 g/mol. The van der Waals surface area contributed by atoms with Crippen LogP contribution in [0.25, 0.3) is 10.9 Å². The highest BCUT2D eigenvalue weighted by atomic mass is 19.1. The molecule has 0 saturated carbocycles. The fraction of sp³-hybridized carbons (Fsp3) is 0.333. The number of nitrogens with zero attached hydrogens (tertiary/aromatic N) is 1. The molecule has 1 aliphatic heterocycles. The molecule has 2 N–H and O–H groups in total. The van der Waals surface area contributed by atoms with Gasteiger partial charge in [0.1, 0.15) is 5.82 Å². The molecule has 1 saturated heterocycles. The van der Waals surface area contributed by atoms with Gasteiger partial charge in [0.2, 0.25) is 0 Å². The van der Waals surface area contributed by atoms with Crippen molar-refractivity contribution >= 4 is 16.9 Å². The predicted molar refractivity (Wildman–Crippen MR) is 73.5 cm³/mol. The van der Waals surface area contributed by atoms with Gasteiger partial charge in [-0.05, 0) is 44.1 Å². The number of hydrogen-bond acceptors (Lipinski definition) is 3. The molecule has 1 aliphatic rings. The third-order valence-corrected chi connectivity index (χ3v) is 3.78. The molecule has 4 nitrogen and oxygen atoms in total. The molecule has 0 unspecified atom stereocenters. The topological polar surface area (TPSA) is 62.2 Å². The fourth-order valence-corrected chi connectivity index (χ4v) is 2.73. The Balaban J connectivity index is 2.15. The summed E-state index contributed by atoms with van der Waals surface area (Å²) in [5.41, 5.74) is 1.36. The molecule has 5 heteroatoms. The third-order valence-electron chi connectivity index (χ3n) is 3.78. The molecule has 1 aromatic carbocycles. The van der Waals surface area contributed by atoms with Crippen LogP contribution in [0.15, 0.2) is 24.3 Å². The van der Waals surface area contributed by atoms with Crippen LogP contribution in [0, 0.1) is 5.82 Å². The van der Waals surface area contributed by atoms with E-state index in [2.05, 4.69) is 10.3 Å². The molecular formula is C15H15FN2O2. The fourth-order valence-electron chi connectivity index (χ4n) is 2.73. The number of aromatic nitrogens is 1. The average molecular weight is 274 g/mol. The van der Waals surface area contributed by atoms with Gasteiger partial charge in [-0.2, -0.15) is 0 Å². The lowest BCUT2D eigenvalue weighted by molar-refractivity contribution is 0.0698. The van der Waals surface area contributed by atoms with E-state index in [9.17, 15) is 14.3 Å². The summed E-state index contributed by atoms with van der Waals surface area (Å²) in [6.07, 6.45) is 1.85.